The topological polar surface area (TPSA) is 109 Å². The molecule has 3 rings (SSSR count). The van der Waals surface area contributed by atoms with Crippen LogP contribution in [0.15, 0.2) is 29.1 Å². The summed E-state index contributed by atoms with van der Waals surface area (Å²) < 4.78 is 0. The molecule has 0 bridgehead atoms. The highest BCUT2D eigenvalue weighted by atomic mass is 16.2. The highest BCUT2D eigenvalue weighted by molar-refractivity contribution is 5.88. The summed E-state index contributed by atoms with van der Waals surface area (Å²) in [6.07, 6.45) is 0.684. The molecule has 0 spiro atoms. The molecule has 114 valence electrons. The van der Waals surface area contributed by atoms with Gasteiger partial charge in [0, 0.05) is 18.5 Å². The molecular weight excluding hydrogens is 284 g/mol. The molecule has 2 aromatic rings. The molecule has 1 fully saturated rings. The van der Waals surface area contributed by atoms with Crippen molar-refractivity contribution in [1.29, 1.82) is 0 Å². The number of nitrogens with zero attached hydrogens (tertiary/aromatic N) is 2. The first-order valence-electron chi connectivity index (χ1n) is 7.09. The Hall–Kier alpha value is -2.70. The monoisotopic (exact) mass is 300 g/mol. The first-order chi connectivity index (χ1) is 10.6. The lowest BCUT2D eigenvalue weighted by atomic mass is 10.1. The molecule has 2 amide bonds. The van der Waals surface area contributed by atoms with Crippen molar-refractivity contribution >= 4 is 22.6 Å². The molecule has 1 aliphatic rings. The van der Waals surface area contributed by atoms with E-state index in [4.69, 9.17) is 5.73 Å². The molecule has 0 saturated carbocycles. The van der Waals surface area contributed by atoms with E-state index in [0.29, 0.717) is 36.0 Å². The van der Waals surface area contributed by atoms with Crippen LogP contribution in [0.4, 0.5) is 0 Å². The Morgan fingerprint density at radius 1 is 1.32 bits per heavy atom. The first kappa shape index (κ1) is 14.2. The van der Waals surface area contributed by atoms with Crippen molar-refractivity contribution in [1.82, 2.24) is 15.1 Å². The van der Waals surface area contributed by atoms with Crippen molar-refractivity contribution in [2.75, 3.05) is 13.1 Å². The maximum absolute atomic E-state index is 12.4. The van der Waals surface area contributed by atoms with Gasteiger partial charge in [-0.3, -0.25) is 14.4 Å². The minimum absolute atomic E-state index is 0.0861. The van der Waals surface area contributed by atoms with E-state index < -0.39 is 0 Å². The van der Waals surface area contributed by atoms with Crippen molar-refractivity contribution in [2.24, 2.45) is 11.7 Å². The van der Waals surface area contributed by atoms with E-state index in [2.05, 4.69) is 10.2 Å². The summed E-state index contributed by atoms with van der Waals surface area (Å²) in [5.74, 6) is -0.763. The summed E-state index contributed by atoms with van der Waals surface area (Å²) >= 11 is 0. The van der Waals surface area contributed by atoms with Crippen LogP contribution < -0.4 is 11.3 Å². The summed E-state index contributed by atoms with van der Waals surface area (Å²) in [5, 5.41) is 7.59. The van der Waals surface area contributed by atoms with E-state index in [1.807, 2.05) is 0 Å². The Morgan fingerprint density at radius 2 is 2.05 bits per heavy atom. The molecule has 2 heterocycles. The number of carbonyl (C=O) groups excluding carboxylic acids is 2. The smallest absolute Gasteiger partial charge is 0.272 e. The molecule has 7 nitrogen and oxygen atoms in total. The molecular formula is C15H16N4O3. The summed E-state index contributed by atoms with van der Waals surface area (Å²) in [4.78, 5) is 36.9. The van der Waals surface area contributed by atoms with Gasteiger partial charge in [0.25, 0.3) is 5.56 Å². The van der Waals surface area contributed by atoms with Gasteiger partial charge in [-0.1, -0.05) is 18.2 Å². The molecule has 1 aliphatic heterocycles. The largest absolute Gasteiger partial charge is 0.369 e. The molecule has 22 heavy (non-hydrogen) atoms. The van der Waals surface area contributed by atoms with Crippen LogP contribution in [0.2, 0.25) is 0 Å². The number of carbonyl (C=O) groups is 2. The van der Waals surface area contributed by atoms with E-state index in [-0.39, 0.29) is 29.7 Å². The lowest BCUT2D eigenvalue weighted by molar-refractivity contribution is -0.129. The molecule has 1 aromatic carbocycles. The number of fused-ring (bicyclic) bond motifs is 1. The van der Waals surface area contributed by atoms with E-state index in [0.717, 1.165) is 0 Å². The van der Waals surface area contributed by atoms with Gasteiger partial charge in [0.1, 0.15) is 0 Å². The van der Waals surface area contributed by atoms with Crippen LogP contribution in [0.5, 0.6) is 0 Å². The van der Waals surface area contributed by atoms with Crippen LogP contribution >= 0.6 is 0 Å². The molecule has 1 unspecified atom stereocenters. The average molecular weight is 300 g/mol. The van der Waals surface area contributed by atoms with E-state index in [9.17, 15) is 14.4 Å². The molecule has 7 heteroatoms. The highest BCUT2D eigenvalue weighted by Gasteiger charge is 2.29. The van der Waals surface area contributed by atoms with Gasteiger partial charge in [0.2, 0.25) is 11.8 Å². The molecule has 0 radical (unpaired) electrons. The number of rotatable bonds is 3. The van der Waals surface area contributed by atoms with Gasteiger partial charge in [0.15, 0.2) is 0 Å². The Balaban J connectivity index is 1.82. The predicted molar refractivity (Wildman–Crippen MR) is 79.9 cm³/mol. The predicted octanol–water partition coefficient (Wildman–Crippen LogP) is -0.201. The van der Waals surface area contributed by atoms with Crippen LogP contribution in [0, 0.1) is 5.92 Å². The van der Waals surface area contributed by atoms with E-state index in [1.54, 1.807) is 29.2 Å². The van der Waals surface area contributed by atoms with Gasteiger partial charge >= 0.3 is 0 Å². The number of primary amides is 1. The van der Waals surface area contributed by atoms with E-state index in [1.165, 1.54) is 0 Å². The second-order valence-corrected chi connectivity index (χ2v) is 5.45. The number of nitrogens with two attached hydrogens (primary N) is 1. The Morgan fingerprint density at radius 3 is 2.73 bits per heavy atom. The molecule has 1 saturated heterocycles. The third-order valence-corrected chi connectivity index (χ3v) is 4.04. The normalized spacial score (nSPS) is 17.8. The molecule has 1 atom stereocenters. The molecule has 1 aromatic heterocycles. The minimum atomic E-state index is -0.372. The number of aromatic nitrogens is 2. The lowest BCUT2D eigenvalue weighted by Gasteiger charge is -2.16. The zero-order valence-corrected chi connectivity index (χ0v) is 11.9. The fourth-order valence-corrected chi connectivity index (χ4v) is 2.78. The van der Waals surface area contributed by atoms with Gasteiger partial charge < -0.3 is 10.6 Å². The fourth-order valence-electron chi connectivity index (χ4n) is 2.78. The van der Waals surface area contributed by atoms with Crippen LogP contribution in [0.1, 0.15) is 12.1 Å². The number of hydrogen-bond acceptors (Lipinski definition) is 4. The van der Waals surface area contributed by atoms with Gasteiger partial charge in [-0.15, -0.1) is 0 Å². The van der Waals surface area contributed by atoms with Gasteiger partial charge in [0.05, 0.1) is 23.4 Å². The van der Waals surface area contributed by atoms with Crippen LogP contribution in [-0.4, -0.2) is 40.0 Å². The number of nitrogens with one attached hydrogen (secondary N) is 1. The lowest BCUT2D eigenvalue weighted by Crippen LogP contribution is -2.33. The molecule has 3 N–H and O–H groups in total. The summed E-state index contributed by atoms with van der Waals surface area (Å²) in [7, 11) is 0. The third kappa shape index (κ3) is 2.57. The third-order valence-electron chi connectivity index (χ3n) is 4.04. The number of amides is 2. The average Bonchev–Trinajstić information content (AvgIpc) is 3.01. The Labute approximate surface area is 126 Å². The van der Waals surface area contributed by atoms with Crippen molar-refractivity contribution < 1.29 is 9.59 Å². The maximum atomic E-state index is 12.4. The summed E-state index contributed by atoms with van der Waals surface area (Å²) in [5.41, 5.74) is 5.53. The second kappa shape index (κ2) is 5.59. The van der Waals surface area contributed by atoms with Gasteiger partial charge in [-0.25, -0.2) is 5.10 Å². The standard InChI is InChI=1S/C15H16N4O3/c16-14(21)9-5-6-19(8-9)13(20)7-12-10-3-1-2-4-11(10)15(22)18-17-12/h1-4,9H,5-8H2,(H2,16,21)(H,18,22). The van der Waals surface area contributed by atoms with Gasteiger partial charge in [-0.2, -0.15) is 5.10 Å². The van der Waals surface area contributed by atoms with Crippen molar-refractivity contribution in [2.45, 2.75) is 12.8 Å². The highest BCUT2D eigenvalue weighted by Crippen LogP contribution is 2.18. The maximum Gasteiger partial charge on any atom is 0.272 e. The van der Waals surface area contributed by atoms with Gasteiger partial charge in [-0.05, 0) is 12.5 Å². The number of hydrogen-bond donors (Lipinski definition) is 2. The van der Waals surface area contributed by atoms with Crippen molar-refractivity contribution in [3.05, 3.63) is 40.3 Å². The van der Waals surface area contributed by atoms with Crippen LogP contribution in [-0.2, 0) is 16.0 Å². The number of aromatic amines is 1. The van der Waals surface area contributed by atoms with Crippen molar-refractivity contribution in [3.8, 4) is 0 Å². The van der Waals surface area contributed by atoms with Crippen LogP contribution in [0.3, 0.4) is 0 Å². The minimum Gasteiger partial charge on any atom is -0.369 e. The number of likely N-dealkylation sites (tertiary alicyclic amines) is 1. The number of benzene rings is 1. The van der Waals surface area contributed by atoms with Crippen LogP contribution in [0.25, 0.3) is 10.8 Å². The Bertz CT molecular complexity index is 799. The molecule has 0 aliphatic carbocycles. The second-order valence-electron chi connectivity index (χ2n) is 5.45. The summed E-state index contributed by atoms with van der Waals surface area (Å²) in [6.45, 7) is 0.878. The zero-order chi connectivity index (χ0) is 15.7. The SMILES string of the molecule is NC(=O)C1CCN(C(=O)Cc2n[nH]c(=O)c3ccccc23)C1. The number of H-pyrrole nitrogens is 1. The quantitative estimate of drug-likeness (QED) is 0.818. The van der Waals surface area contributed by atoms with Crippen molar-refractivity contribution in [3.63, 3.8) is 0 Å². The Kier molecular flexibility index (Phi) is 3.62. The summed E-state index contributed by atoms with van der Waals surface area (Å²) in [6, 6.07) is 7.04. The fraction of sp³-hybridized carbons (Fsp3) is 0.333. The van der Waals surface area contributed by atoms with E-state index >= 15 is 0 Å². The first-order valence-corrected chi connectivity index (χ1v) is 7.09. The zero-order valence-electron chi connectivity index (χ0n) is 11.9.